The molecule has 0 unspecified atom stereocenters. The largest absolute Gasteiger partial charge is 0.497 e. The summed E-state index contributed by atoms with van der Waals surface area (Å²) in [5, 5.41) is 2.16. The van der Waals surface area contributed by atoms with Gasteiger partial charge in [-0.05, 0) is 74.4 Å². The second-order valence-corrected chi connectivity index (χ2v) is 10.0. The van der Waals surface area contributed by atoms with Gasteiger partial charge >= 0.3 is 16.1 Å². The number of methoxy groups -OCH3 is 1. The standard InChI is InChI=1S/C27H24N2O7S/c1-16-5-11-22(12-6-16)37(33,34)36-24-15-21(35-4)10-8-19(24)14-23-25(30)28-27(32)29(26(23)31)20-9-7-17(2)18(3)13-20/h5-15H,1-4H3,(H,28,30,32)/b23-14+. The SMILES string of the molecule is COc1ccc(/C=C2\C(=O)NC(=O)N(c3ccc(C)c(C)c3)C2=O)c(OS(=O)(=O)c2ccc(C)cc2)c1. The molecule has 0 aromatic heterocycles. The molecule has 1 N–H and O–H groups in total. The van der Waals surface area contributed by atoms with Crippen molar-refractivity contribution in [2.24, 2.45) is 0 Å². The van der Waals surface area contributed by atoms with Gasteiger partial charge in [-0.3, -0.25) is 14.9 Å². The summed E-state index contributed by atoms with van der Waals surface area (Å²) in [7, 11) is -2.85. The number of carbonyl (C=O) groups excluding carboxylic acids is 3. The van der Waals surface area contributed by atoms with E-state index in [1.807, 2.05) is 20.8 Å². The highest BCUT2D eigenvalue weighted by Crippen LogP contribution is 2.31. The van der Waals surface area contributed by atoms with Gasteiger partial charge in [0.05, 0.1) is 12.8 Å². The molecule has 1 heterocycles. The molecule has 37 heavy (non-hydrogen) atoms. The Hall–Kier alpha value is -4.44. The summed E-state index contributed by atoms with van der Waals surface area (Å²) >= 11 is 0. The fraction of sp³-hybridized carbons (Fsp3) is 0.148. The van der Waals surface area contributed by atoms with Gasteiger partial charge in [-0.2, -0.15) is 8.42 Å². The molecule has 4 rings (SSSR count). The lowest BCUT2D eigenvalue weighted by Gasteiger charge is -2.27. The highest BCUT2D eigenvalue weighted by atomic mass is 32.2. The Labute approximate surface area is 214 Å². The Balaban J connectivity index is 1.76. The monoisotopic (exact) mass is 520 g/mol. The molecular formula is C27H24N2O7S. The van der Waals surface area contributed by atoms with Crippen LogP contribution in [0.4, 0.5) is 10.5 Å². The number of nitrogens with one attached hydrogen (secondary N) is 1. The molecule has 9 nitrogen and oxygen atoms in total. The molecule has 0 aliphatic carbocycles. The molecule has 4 amide bonds. The van der Waals surface area contributed by atoms with E-state index in [-0.39, 0.29) is 27.5 Å². The first-order valence-corrected chi connectivity index (χ1v) is 12.6. The van der Waals surface area contributed by atoms with Gasteiger partial charge in [0.25, 0.3) is 11.8 Å². The maximum atomic E-state index is 13.3. The minimum Gasteiger partial charge on any atom is -0.497 e. The van der Waals surface area contributed by atoms with Crippen LogP contribution in [0.2, 0.25) is 0 Å². The average Bonchev–Trinajstić information content (AvgIpc) is 2.84. The molecule has 1 fully saturated rings. The van der Waals surface area contributed by atoms with Crippen molar-refractivity contribution in [1.82, 2.24) is 5.32 Å². The van der Waals surface area contributed by atoms with Gasteiger partial charge in [0, 0.05) is 11.6 Å². The summed E-state index contributed by atoms with van der Waals surface area (Å²) in [5.74, 6) is -1.65. The van der Waals surface area contributed by atoms with Crippen LogP contribution < -0.4 is 19.1 Å². The van der Waals surface area contributed by atoms with Crippen molar-refractivity contribution < 1.29 is 31.7 Å². The van der Waals surface area contributed by atoms with Crippen LogP contribution >= 0.6 is 0 Å². The number of amides is 4. The summed E-state index contributed by atoms with van der Waals surface area (Å²) in [4.78, 5) is 39.3. The lowest BCUT2D eigenvalue weighted by Crippen LogP contribution is -2.54. The number of barbiturate groups is 1. The normalized spacial score (nSPS) is 15.1. The lowest BCUT2D eigenvalue weighted by molar-refractivity contribution is -0.122. The summed E-state index contributed by atoms with van der Waals surface area (Å²) in [5.41, 5.74) is 2.72. The number of ether oxygens (including phenoxy) is 1. The molecule has 3 aromatic rings. The number of urea groups is 1. The number of hydrogen-bond acceptors (Lipinski definition) is 7. The summed E-state index contributed by atoms with van der Waals surface area (Å²) in [6.07, 6.45) is 1.18. The average molecular weight is 521 g/mol. The highest BCUT2D eigenvalue weighted by molar-refractivity contribution is 7.87. The molecule has 190 valence electrons. The van der Waals surface area contributed by atoms with Crippen molar-refractivity contribution in [2.75, 3.05) is 12.0 Å². The highest BCUT2D eigenvalue weighted by Gasteiger charge is 2.37. The maximum absolute atomic E-state index is 13.3. The topological polar surface area (TPSA) is 119 Å². The number of hydrogen-bond donors (Lipinski definition) is 1. The fourth-order valence-corrected chi connectivity index (χ4v) is 4.56. The molecule has 1 aliphatic heterocycles. The second kappa shape index (κ2) is 9.90. The summed E-state index contributed by atoms with van der Waals surface area (Å²) < 4.78 is 36.5. The predicted octanol–water partition coefficient (Wildman–Crippen LogP) is 4.05. The van der Waals surface area contributed by atoms with Crippen LogP contribution in [0.1, 0.15) is 22.3 Å². The van der Waals surface area contributed by atoms with E-state index in [1.165, 1.54) is 43.5 Å². The van der Waals surface area contributed by atoms with E-state index in [9.17, 15) is 22.8 Å². The molecule has 1 aliphatic rings. The number of imide groups is 2. The number of anilines is 1. The van der Waals surface area contributed by atoms with Crippen LogP contribution in [0.3, 0.4) is 0 Å². The molecular weight excluding hydrogens is 496 g/mol. The molecule has 0 radical (unpaired) electrons. The summed E-state index contributed by atoms with van der Waals surface area (Å²) in [6.45, 7) is 5.55. The van der Waals surface area contributed by atoms with Crippen LogP contribution in [0.25, 0.3) is 6.08 Å². The first-order valence-electron chi connectivity index (χ1n) is 11.2. The number of rotatable bonds is 6. The van der Waals surface area contributed by atoms with Gasteiger partial charge < -0.3 is 8.92 Å². The van der Waals surface area contributed by atoms with Crippen LogP contribution in [0, 0.1) is 20.8 Å². The van der Waals surface area contributed by atoms with Crippen molar-refractivity contribution in [2.45, 2.75) is 25.7 Å². The molecule has 1 saturated heterocycles. The third kappa shape index (κ3) is 5.24. The van der Waals surface area contributed by atoms with Crippen LogP contribution in [-0.4, -0.2) is 33.4 Å². The number of carbonyl (C=O) groups is 3. The van der Waals surface area contributed by atoms with Gasteiger partial charge in [0.2, 0.25) is 0 Å². The van der Waals surface area contributed by atoms with E-state index in [0.717, 1.165) is 21.6 Å². The van der Waals surface area contributed by atoms with E-state index in [0.29, 0.717) is 5.75 Å². The Morgan fingerprint density at radius 3 is 2.22 bits per heavy atom. The van der Waals surface area contributed by atoms with Crippen LogP contribution in [0.15, 0.2) is 71.1 Å². The van der Waals surface area contributed by atoms with E-state index < -0.39 is 28.0 Å². The number of aryl methyl sites for hydroxylation is 3. The molecule has 0 atom stereocenters. The zero-order valence-electron chi connectivity index (χ0n) is 20.6. The van der Waals surface area contributed by atoms with Gasteiger partial charge in [-0.25, -0.2) is 9.69 Å². The van der Waals surface area contributed by atoms with Crippen LogP contribution in [0.5, 0.6) is 11.5 Å². The number of nitrogens with zero attached hydrogens (tertiary/aromatic N) is 1. The fourth-order valence-electron chi connectivity index (χ4n) is 3.62. The second-order valence-electron chi connectivity index (χ2n) is 8.48. The Morgan fingerprint density at radius 2 is 1.57 bits per heavy atom. The zero-order valence-corrected chi connectivity index (χ0v) is 21.4. The molecule has 0 saturated carbocycles. The van der Waals surface area contributed by atoms with Crippen molar-refractivity contribution in [3.05, 3.63) is 88.5 Å². The van der Waals surface area contributed by atoms with Crippen LogP contribution in [-0.2, 0) is 19.7 Å². The van der Waals surface area contributed by atoms with Crippen molar-refractivity contribution in [3.8, 4) is 11.5 Å². The van der Waals surface area contributed by atoms with Crippen molar-refractivity contribution >= 4 is 39.7 Å². The molecule has 0 spiro atoms. The van der Waals surface area contributed by atoms with Gasteiger partial charge in [0.1, 0.15) is 16.2 Å². The van der Waals surface area contributed by atoms with Crippen molar-refractivity contribution in [1.29, 1.82) is 0 Å². The van der Waals surface area contributed by atoms with Gasteiger partial charge in [-0.1, -0.05) is 23.8 Å². The third-order valence-electron chi connectivity index (χ3n) is 5.88. The minimum absolute atomic E-state index is 0.0717. The third-order valence-corrected chi connectivity index (χ3v) is 7.13. The Bertz CT molecular complexity index is 1560. The van der Waals surface area contributed by atoms with Crippen molar-refractivity contribution in [3.63, 3.8) is 0 Å². The first kappa shape index (κ1) is 25.6. The number of benzene rings is 3. The Morgan fingerprint density at radius 1 is 0.865 bits per heavy atom. The zero-order chi connectivity index (χ0) is 26.9. The molecule has 0 bridgehead atoms. The summed E-state index contributed by atoms with van der Waals surface area (Å²) in [6, 6.07) is 14.5. The lowest BCUT2D eigenvalue weighted by atomic mass is 10.0. The van der Waals surface area contributed by atoms with E-state index in [1.54, 1.807) is 30.3 Å². The molecule has 10 heteroatoms. The predicted molar refractivity (Wildman–Crippen MR) is 137 cm³/mol. The molecule has 3 aromatic carbocycles. The quantitative estimate of drug-likeness (QED) is 0.296. The van der Waals surface area contributed by atoms with E-state index in [4.69, 9.17) is 8.92 Å². The van der Waals surface area contributed by atoms with Gasteiger partial charge in [-0.15, -0.1) is 0 Å². The first-order chi connectivity index (χ1) is 17.5. The maximum Gasteiger partial charge on any atom is 0.339 e. The minimum atomic E-state index is -4.25. The van der Waals surface area contributed by atoms with E-state index in [2.05, 4.69) is 5.32 Å². The smallest absolute Gasteiger partial charge is 0.339 e. The van der Waals surface area contributed by atoms with Gasteiger partial charge in [0.15, 0.2) is 5.75 Å². The Kier molecular flexibility index (Phi) is 6.86. The van der Waals surface area contributed by atoms with E-state index >= 15 is 0 Å².